The summed E-state index contributed by atoms with van der Waals surface area (Å²) in [4.78, 5) is 8.47. The highest BCUT2D eigenvalue weighted by atomic mass is 35.5. The highest BCUT2D eigenvalue weighted by Gasteiger charge is 2.33. The van der Waals surface area contributed by atoms with Gasteiger partial charge in [0.2, 0.25) is 10.0 Å². The summed E-state index contributed by atoms with van der Waals surface area (Å²) in [5.41, 5.74) is 0.640. The lowest BCUT2D eigenvalue weighted by Crippen LogP contribution is -2.48. The van der Waals surface area contributed by atoms with Crippen molar-refractivity contribution in [2.75, 3.05) is 12.4 Å². The molecule has 3 aromatic rings. The average molecular weight is 513 g/mol. The third-order valence-corrected chi connectivity index (χ3v) is 7.03. The van der Waals surface area contributed by atoms with Crippen LogP contribution >= 0.6 is 23.2 Å². The van der Waals surface area contributed by atoms with E-state index in [0.29, 0.717) is 41.1 Å². The van der Waals surface area contributed by atoms with E-state index >= 15 is 0 Å². The van der Waals surface area contributed by atoms with Crippen LogP contribution in [-0.4, -0.2) is 37.6 Å². The van der Waals surface area contributed by atoms with Crippen molar-refractivity contribution in [3.05, 3.63) is 58.4 Å². The Balaban J connectivity index is 1.60. The van der Waals surface area contributed by atoms with Gasteiger partial charge in [-0.25, -0.2) is 27.5 Å². The van der Waals surface area contributed by atoms with Crippen molar-refractivity contribution in [3.63, 3.8) is 0 Å². The van der Waals surface area contributed by atoms with Gasteiger partial charge in [-0.05, 0) is 18.2 Å². The lowest BCUT2D eigenvalue weighted by molar-refractivity contribution is 0.0915. The summed E-state index contributed by atoms with van der Waals surface area (Å²) < 4.78 is 51.8. The van der Waals surface area contributed by atoms with Gasteiger partial charge in [-0.15, -0.1) is 0 Å². The molecule has 1 fully saturated rings. The average Bonchev–Trinajstić information content (AvgIpc) is 2.77. The largest absolute Gasteiger partial charge is 0.493 e. The van der Waals surface area contributed by atoms with E-state index in [1.165, 1.54) is 25.6 Å². The maximum absolute atomic E-state index is 14.5. The van der Waals surface area contributed by atoms with Crippen molar-refractivity contribution in [3.8, 4) is 11.5 Å². The first-order valence-corrected chi connectivity index (χ1v) is 12.1. The van der Waals surface area contributed by atoms with Gasteiger partial charge in [0.15, 0.2) is 17.3 Å². The second-order valence-corrected chi connectivity index (χ2v) is 9.77. The van der Waals surface area contributed by atoms with E-state index in [2.05, 4.69) is 26.6 Å². The van der Waals surface area contributed by atoms with Crippen LogP contribution in [0.2, 0.25) is 10.0 Å². The van der Waals surface area contributed by atoms with Crippen LogP contribution < -0.4 is 19.5 Å². The smallest absolute Gasteiger partial charge is 0.233 e. The molecule has 0 saturated heterocycles. The second kappa shape index (κ2) is 9.30. The van der Waals surface area contributed by atoms with Crippen molar-refractivity contribution in [1.29, 1.82) is 0 Å². The molecule has 1 heterocycles. The van der Waals surface area contributed by atoms with Crippen molar-refractivity contribution in [1.82, 2.24) is 14.7 Å². The maximum Gasteiger partial charge on any atom is 0.233 e. The van der Waals surface area contributed by atoms with Gasteiger partial charge in [0, 0.05) is 35.7 Å². The van der Waals surface area contributed by atoms with E-state index < -0.39 is 15.8 Å². The fraction of sp³-hybridized carbons (Fsp3) is 0.238. The molecule has 0 spiro atoms. The van der Waals surface area contributed by atoms with Gasteiger partial charge in [-0.2, -0.15) is 0 Å². The Kier molecular flexibility index (Phi) is 6.62. The van der Waals surface area contributed by atoms with E-state index in [1.54, 1.807) is 12.1 Å². The van der Waals surface area contributed by atoms with Crippen molar-refractivity contribution < 1.29 is 22.3 Å². The first-order valence-electron chi connectivity index (χ1n) is 9.75. The summed E-state index contributed by atoms with van der Waals surface area (Å²) in [7, 11) is -2.00. The van der Waals surface area contributed by atoms with Gasteiger partial charge < -0.3 is 14.8 Å². The molecule has 8 nitrogen and oxygen atoms in total. The normalized spacial score (nSPS) is 17.9. The molecule has 4 rings (SSSR count). The molecule has 0 bridgehead atoms. The summed E-state index contributed by atoms with van der Waals surface area (Å²) in [5.74, 6) is 0.494. The molecule has 0 unspecified atom stereocenters. The summed E-state index contributed by atoms with van der Waals surface area (Å²) in [6.07, 6.45) is 2.09. The topological polar surface area (TPSA) is 102 Å². The number of nitrogens with zero attached hydrogens (tertiary/aromatic N) is 2. The number of rotatable bonds is 8. The Morgan fingerprint density at radius 2 is 1.97 bits per heavy atom. The van der Waals surface area contributed by atoms with Gasteiger partial charge in [0.05, 0.1) is 28.4 Å². The standard InChI is InChI=1S/C21H19Cl2FN4O4S/c1-3-33(29,30)28-11-6-12(7-11)32-18-8-13-16(9-17(18)31-2)25-10-26-21(13)27-15-5-4-14(22)19(23)20(15)24/h3-5,8-12,28H,1,6-7H2,2H3,(H,25,26,27). The van der Waals surface area contributed by atoms with Crippen LogP contribution in [0.4, 0.5) is 15.9 Å². The molecule has 0 aliphatic heterocycles. The zero-order valence-corrected chi connectivity index (χ0v) is 19.6. The van der Waals surface area contributed by atoms with Crippen molar-refractivity contribution in [2.24, 2.45) is 0 Å². The van der Waals surface area contributed by atoms with Crippen LogP contribution in [0.25, 0.3) is 10.9 Å². The van der Waals surface area contributed by atoms with E-state index in [-0.39, 0.29) is 27.9 Å². The molecule has 1 aliphatic rings. The minimum Gasteiger partial charge on any atom is -0.493 e. The Morgan fingerprint density at radius 3 is 2.67 bits per heavy atom. The Hall–Kier alpha value is -2.66. The first kappa shape index (κ1) is 23.5. The number of hydrogen-bond donors (Lipinski definition) is 2. The molecule has 0 amide bonds. The van der Waals surface area contributed by atoms with E-state index in [0.717, 1.165) is 5.41 Å². The van der Waals surface area contributed by atoms with Crippen LogP contribution in [0, 0.1) is 5.82 Å². The fourth-order valence-corrected chi connectivity index (χ4v) is 4.45. The van der Waals surface area contributed by atoms with Crippen LogP contribution in [0.1, 0.15) is 12.8 Å². The number of ether oxygens (including phenoxy) is 2. The number of fused-ring (bicyclic) bond motifs is 1. The third kappa shape index (κ3) is 4.98. The fourth-order valence-electron chi connectivity index (χ4n) is 3.38. The molecule has 33 heavy (non-hydrogen) atoms. The molecule has 2 N–H and O–H groups in total. The number of nitrogens with one attached hydrogen (secondary N) is 2. The number of halogens is 3. The highest BCUT2D eigenvalue weighted by Crippen LogP contribution is 2.38. The Morgan fingerprint density at radius 1 is 1.21 bits per heavy atom. The van der Waals surface area contributed by atoms with Crippen molar-refractivity contribution >= 4 is 55.6 Å². The van der Waals surface area contributed by atoms with E-state index in [9.17, 15) is 12.8 Å². The molecule has 1 saturated carbocycles. The number of aromatic nitrogens is 2. The molecule has 174 valence electrons. The zero-order chi connectivity index (χ0) is 23.8. The summed E-state index contributed by atoms with van der Waals surface area (Å²) in [5, 5.41) is 4.25. The molecular formula is C21H19Cl2FN4O4S. The molecule has 0 radical (unpaired) electrons. The number of sulfonamides is 1. The predicted molar refractivity (Wildman–Crippen MR) is 125 cm³/mol. The molecule has 0 atom stereocenters. The quantitative estimate of drug-likeness (QED) is 0.417. The maximum atomic E-state index is 14.5. The number of benzene rings is 2. The lowest BCUT2D eigenvalue weighted by Gasteiger charge is -2.35. The predicted octanol–water partition coefficient (Wildman–Crippen LogP) is 4.80. The third-order valence-electron chi connectivity index (χ3n) is 5.15. The van der Waals surface area contributed by atoms with Crippen LogP contribution in [0.15, 0.2) is 42.6 Å². The Bertz CT molecular complexity index is 1330. The molecular weight excluding hydrogens is 494 g/mol. The lowest BCUT2D eigenvalue weighted by atomic mass is 9.90. The SMILES string of the molecule is C=CS(=O)(=O)NC1CC(Oc2cc3c(Nc4ccc(Cl)c(Cl)c4F)ncnc3cc2OC)C1. The van der Waals surface area contributed by atoms with Gasteiger partial charge in [-0.1, -0.05) is 29.8 Å². The van der Waals surface area contributed by atoms with Gasteiger partial charge in [-0.3, -0.25) is 0 Å². The first-order chi connectivity index (χ1) is 15.7. The van der Waals surface area contributed by atoms with E-state index in [4.69, 9.17) is 32.7 Å². The Labute approximate surface area is 199 Å². The minimum atomic E-state index is -3.50. The highest BCUT2D eigenvalue weighted by molar-refractivity contribution is 7.92. The molecule has 12 heteroatoms. The van der Waals surface area contributed by atoms with Gasteiger partial charge >= 0.3 is 0 Å². The van der Waals surface area contributed by atoms with Gasteiger partial charge in [0.25, 0.3) is 0 Å². The van der Waals surface area contributed by atoms with Gasteiger partial charge in [0.1, 0.15) is 18.2 Å². The number of methoxy groups -OCH3 is 1. The second-order valence-electron chi connectivity index (χ2n) is 7.33. The number of anilines is 2. The van der Waals surface area contributed by atoms with Crippen LogP contribution in [0.3, 0.4) is 0 Å². The monoisotopic (exact) mass is 512 g/mol. The minimum absolute atomic E-state index is 0.0963. The van der Waals surface area contributed by atoms with Crippen molar-refractivity contribution in [2.45, 2.75) is 25.0 Å². The summed E-state index contributed by atoms with van der Waals surface area (Å²) in [6.45, 7) is 3.28. The summed E-state index contributed by atoms with van der Waals surface area (Å²) in [6, 6.07) is 6.07. The summed E-state index contributed by atoms with van der Waals surface area (Å²) >= 11 is 11.8. The zero-order valence-electron chi connectivity index (χ0n) is 17.3. The molecule has 1 aliphatic carbocycles. The van der Waals surface area contributed by atoms with Crippen LogP contribution in [-0.2, 0) is 10.0 Å². The molecule has 1 aromatic heterocycles. The number of hydrogen-bond acceptors (Lipinski definition) is 7. The van der Waals surface area contributed by atoms with E-state index in [1.807, 2.05) is 0 Å². The molecule has 2 aromatic carbocycles. The van der Waals surface area contributed by atoms with Crippen LogP contribution in [0.5, 0.6) is 11.5 Å².